The molecule has 3 N–H and O–H groups in total. The van der Waals surface area contributed by atoms with Crippen molar-refractivity contribution >= 4 is 34.7 Å². The molecule has 2 aliphatic rings. The molecule has 2 atom stereocenters. The number of benzene rings is 1. The van der Waals surface area contributed by atoms with E-state index >= 15 is 4.39 Å². The molecule has 0 spiro atoms. The van der Waals surface area contributed by atoms with E-state index in [9.17, 15) is 23.1 Å². The molecule has 9 nitrogen and oxygen atoms in total. The van der Waals surface area contributed by atoms with Gasteiger partial charge in [-0.1, -0.05) is 12.0 Å². The number of nitrogens with one attached hydrogen (secondary N) is 2. The number of hydrogen-bond donors (Lipinski definition) is 3. The number of methoxy groups -OCH3 is 1. The number of nitrogens with zero attached hydrogens (tertiary/aromatic N) is 4. The van der Waals surface area contributed by atoms with Crippen LogP contribution < -0.4 is 15.4 Å². The Morgan fingerprint density at radius 3 is 2.66 bits per heavy atom. The van der Waals surface area contributed by atoms with Crippen molar-refractivity contribution in [2.75, 3.05) is 57.5 Å². The average molecular weight is 635 g/mol. The molecule has 2 fully saturated rings. The fourth-order valence-corrected chi connectivity index (χ4v) is 6.04. The lowest BCUT2D eigenvalue weighted by Gasteiger charge is -2.44. The maximum atomic E-state index is 15.1. The summed E-state index contributed by atoms with van der Waals surface area (Å²) < 4.78 is 62.6. The highest BCUT2D eigenvalue weighted by Crippen LogP contribution is 2.41. The van der Waals surface area contributed by atoms with E-state index in [0.717, 1.165) is 0 Å². The van der Waals surface area contributed by atoms with Crippen LogP contribution in [0.15, 0.2) is 41.3 Å². The van der Waals surface area contributed by atoms with Gasteiger partial charge in [0.2, 0.25) is 0 Å². The maximum Gasteiger partial charge on any atom is 0.446 e. The summed E-state index contributed by atoms with van der Waals surface area (Å²) in [6, 6.07) is 9.63. The Balaban J connectivity index is 1.36. The fourth-order valence-electron chi connectivity index (χ4n) is 5.36. The molecule has 1 aromatic carbocycles. The van der Waals surface area contributed by atoms with E-state index in [2.05, 4.69) is 27.6 Å². The Morgan fingerprint density at radius 1 is 1.25 bits per heavy atom. The Hall–Kier alpha value is -3.67. The van der Waals surface area contributed by atoms with Crippen LogP contribution in [-0.4, -0.2) is 100 Å². The monoisotopic (exact) mass is 634 g/mol. The van der Waals surface area contributed by atoms with Crippen LogP contribution in [0.1, 0.15) is 36.3 Å². The molecule has 0 bridgehead atoms. The summed E-state index contributed by atoms with van der Waals surface area (Å²) in [6.07, 6.45) is -0.693. The predicted octanol–water partition coefficient (Wildman–Crippen LogP) is 4.47. The van der Waals surface area contributed by atoms with Crippen LogP contribution in [0.25, 0.3) is 5.52 Å². The van der Waals surface area contributed by atoms with Crippen molar-refractivity contribution in [3.8, 4) is 17.6 Å². The highest BCUT2D eigenvalue weighted by atomic mass is 32.2. The summed E-state index contributed by atoms with van der Waals surface area (Å²) in [5, 5.41) is 20.6. The minimum atomic E-state index is -4.58. The highest BCUT2D eigenvalue weighted by molar-refractivity contribution is 8.00. The van der Waals surface area contributed by atoms with Crippen molar-refractivity contribution in [2.45, 2.75) is 48.0 Å². The van der Waals surface area contributed by atoms with Gasteiger partial charge in [0, 0.05) is 18.7 Å². The molecule has 0 aliphatic carbocycles. The molecule has 4 heterocycles. The first-order valence-electron chi connectivity index (χ1n) is 14.0. The van der Waals surface area contributed by atoms with Gasteiger partial charge in [0.25, 0.3) is 5.91 Å². The smallest absolute Gasteiger partial charge is 0.446 e. The number of likely N-dealkylation sites (tertiary alicyclic amines) is 2. The van der Waals surface area contributed by atoms with Crippen molar-refractivity contribution in [3.05, 3.63) is 47.7 Å². The number of amides is 1. The molecule has 2 aromatic heterocycles. The number of β-amino-alcohol motifs (C(OH)–C–C–N with tert-alkyl or cyclic N) is 1. The molecule has 44 heavy (non-hydrogen) atoms. The number of hydrogen-bond acceptors (Lipinski definition) is 8. The zero-order valence-electron chi connectivity index (χ0n) is 24.8. The molecular weight excluding hydrogens is 600 g/mol. The van der Waals surface area contributed by atoms with E-state index in [1.807, 2.05) is 11.9 Å². The van der Waals surface area contributed by atoms with Gasteiger partial charge < -0.3 is 30.3 Å². The summed E-state index contributed by atoms with van der Waals surface area (Å²) >= 11 is -0.295. The number of carbonyl (C=O) groups is 1. The Bertz CT molecular complexity index is 1610. The summed E-state index contributed by atoms with van der Waals surface area (Å²) in [4.78, 5) is 16.0. The topological polar surface area (TPSA) is 94.4 Å². The van der Waals surface area contributed by atoms with Crippen LogP contribution >= 0.6 is 11.8 Å². The van der Waals surface area contributed by atoms with E-state index < -0.39 is 22.8 Å². The molecule has 236 valence electrons. The van der Waals surface area contributed by atoms with E-state index in [0.29, 0.717) is 35.8 Å². The van der Waals surface area contributed by atoms with Crippen molar-refractivity contribution in [2.24, 2.45) is 0 Å². The summed E-state index contributed by atoms with van der Waals surface area (Å²) in [7, 11) is 3.29. The van der Waals surface area contributed by atoms with Gasteiger partial charge in [0.15, 0.2) is 0 Å². The Morgan fingerprint density at radius 2 is 2.00 bits per heavy atom. The lowest BCUT2D eigenvalue weighted by atomic mass is 9.88. The maximum absolute atomic E-state index is 15.1. The normalized spacial score (nSPS) is 21.8. The molecule has 1 amide bonds. The van der Waals surface area contributed by atoms with Crippen LogP contribution in [0.4, 0.5) is 29.1 Å². The number of alkyl halides is 4. The highest BCUT2D eigenvalue weighted by Gasteiger charge is 2.41. The summed E-state index contributed by atoms with van der Waals surface area (Å²) in [5.41, 5.74) is -5.32. The zero-order valence-corrected chi connectivity index (χ0v) is 25.6. The second-order valence-corrected chi connectivity index (χ2v) is 12.8. The van der Waals surface area contributed by atoms with Crippen LogP contribution in [0, 0.1) is 11.8 Å². The number of anilines is 2. The quantitative estimate of drug-likeness (QED) is 0.199. The first kappa shape index (κ1) is 31.7. The predicted molar refractivity (Wildman–Crippen MR) is 161 cm³/mol. The number of halogens is 4. The number of thioether (sulfide) groups is 1. The lowest BCUT2D eigenvalue weighted by molar-refractivity contribution is -0.0668. The van der Waals surface area contributed by atoms with Crippen molar-refractivity contribution in [1.29, 1.82) is 0 Å². The second kappa shape index (κ2) is 12.0. The number of aromatic nitrogens is 2. The van der Waals surface area contributed by atoms with Gasteiger partial charge >= 0.3 is 5.51 Å². The van der Waals surface area contributed by atoms with Gasteiger partial charge in [0.05, 0.1) is 54.0 Å². The van der Waals surface area contributed by atoms with Gasteiger partial charge in [-0.05, 0) is 75.3 Å². The largest absolute Gasteiger partial charge is 0.495 e. The van der Waals surface area contributed by atoms with Gasteiger partial charge in [0.1, 0.15) is 23.4 Å². The van der Waals surface area contributed by atoms with Crippen LogP contribution in [-0.2, 0) is 0 Å². The molecule has 2 aliphatic heterocycles. The fraction of sp³-hybridized carbons (Fsp3) is 0.467. The molecule has 5 rings (SSSR count). The first-order chi connectivity index (χ1) is 20.7. The number of carbonyl (C=O) groups excluding carboxylic acids is 1. The van der Waals surface area contributed by atoms with Crippen molar-refractivity contribution in [3.63, 3.8) is 0 Å². The molecule has 0 saturated carbocycles. The Kier molecular flexibility index (Phi) is 8.67. The molecule has 0 radical (unpaired) electrons. The third-order valence-electron chi connectivity index (χ3n) is 7.79. The van der Waals surface area contributed by atoms with E-state index in [1.54, 1.807) is 44.2 Å². The first-order valence-corrected chi connectivity index (χ1v) is 14.8. The average Bonchev–Trinajstić information content (AvgIpc) is 3.28. The second-order valence-electron chi connectivity index (χ2n) is 11.7. The molecule has 0 unspecified atom stereocenters. The molecular formula is C30H34F4N6O3S. The third-order valence-corrected chi connectivity index (χ3v) is 8.63. The molecule has 14 heteroatoms. The number of ether oxygens (including phenoxy) is 1. The van der Waals surface area contributed by atoms with Crippen molar-refractivity contribution < 1.29 is 32.2 Å². The molecule has 3 aromatic rings. The number of fused-ring (bicyclic) bond motifs is 1. The van der Waals surface area contributed by atoms with E-state index in [-0.39, 0.29) is 60.0 Å². The minimum Gasteiger partial charge on any atom is -0.495 e. The van der Waals surface area contributed by atoms with Crippen LogP contribution in [0.3, 0.4) is 0 Å². The van der Waals surface area contributed by atoms with Gasteiger partial charge in [-0.25, -0.2) is 8.91 Å². The van der Waals surface area contributed by atoms with Gasteiger partial charge in [-0.15, -0.1) is 0 Å². The number of rotatable bonds is 7. The summed E-state index contributed by atoms with van der Waals surface area (Å²) in [6.45, 7) is 4.86. The number of aliphatic hydroxyl groups is 1. The van der Waals surface area contributed by atoms with E-state index in [4.69, 9.17) is 4.74 Å². The molecule has 2 saturated heterocycles. The third kappa shape index (κ3) is 6.85. The van der Waals surface area contributed by atoms with Gasteiger partial charge in [-0.2, -0.15) is 18.3 Å². The summed E-state index contributed by atoms with van der Waals surface area (Å²) in [5.74, 6) is 6.11. The number of pyridine rings is 1. The Labute approximate surface area is 256 Å². The van der Waals surface area contributed by atoms with Crippen LogP contribution in [0.5, 0.6) is 5.75 Å². The SMILES string of the molecule is COc1cc(C(=O)N2CC(C)(O)C2)ccc1NCC#Cc1nn2c(N[C@]3(C)CCN(C)C[C@H]3F)cccc2c1SC(F)(F)F. The zero-order chi connectivity index (χ0) is 31.9. The van der Waals surface area contributed by atoms with Crippen LogP contribution in [0.2, 0.25) is 0 Å². The van der Waals surface area contributed by atoms with E-state index in [1.165, 1.54) is 22.6 Å². The van der Waals surface area contributed by atoms with Gasteiger partial charge in [-0.3, -0.25) is 4.79 Å². The standard InChI is InChI=1S/C30H34F4N6O3S/c1-28(42)17-39(18-28)27(41)19-10-11-20(23(15-19)43-4)35-13-6-7-21-26(44-30(32,33)34)22-8-5-9-25(40(22)37-21)36-29(2)12-14-38(3)16-24(29)31/h5,8-11,15,24,35-36,42H,12-14,16-18H2,1-4H3/t24-,29-/m1/s1. The minimum absolute atomic E-state index is 0.0445. The number of piperidine rings is 1. The van der Waals surface area contributed by atoms with Crippen molar-refractivity contribution in [1.82, 2.24) is 19.4 Å². The lowest BCUT2D eigenvalue weighted by Crippen LogP contribution is -2.61.